The van der Waals surface area contributed by atoms with Crippen molar-refractivity contribution >= 4 is 17.2 Å². The average Bonchev–Trinajstić information content (AvgIpc) is 2.97. The second-order valence-electron chi connectivity index (χ2n) is 4.60. The summed E-state index contributed by atoms with van der Waals surface area (Å²) in [6.45, 7) is 1.26. The zero-order valence-corrected chi connectivity index (χ0v) is 11.2. The summed E-state index contributed by atoms with van der Waals surface area (Å²) in [6, 6.07) is 8.11. The Morgan fingerprint density at radius 3 is 3.05 bits per heavy atom. The minimum Gasteiger partial charge on any atom is -0.349 e. The maximum atomic E-state index is 12.1. The topological polar surface area (TPSA) is 54.0 Å². The molecule has 19 heavy (non-hydrogen) atoms. The van der Waals surface area contributed by atoms with Crippen LogP contribution < -0.4 is 10.6 Å². The van der Waals surface area contributed by atoms with Crippen molar-refractivity contribution in [1.29, 1.82) is 0 Å². The molecule has 2 heterocycles. The monoisotopic (exact) mass is 273 g/mol. The standard InChI is InChI=1S/C14H15N3OS/c18-14(16-7-12-8-19-9-17-12)13-5-10-3-1-2-4-11(10)6-15-13/h1-4,8-9,13,15H,5-7H2,(H,16,18). The lowest BCUT2D eigenvalue weighted by atomic mass is 9.95. The number of nitrogens with zero attached hydrogens (tertiary/aromatic N) is 1. The number of rotatable bonds is 3. The molecule has 0 saturated heterocycles. The highest BCUT2D eigenvalue weighted by molar-refractivity contribution is 7.07. The van der Waals surface area contributed by atoms with Crippen molar-refractivity contribution in [3.8, 4) is 0 Å². The maximum Gasteiger partial charge on any atom is 0.237 e. The molecule has 0 saturated carbocycles. The van der Waals surface area contributed by atoms with Crippen LogP contribution in [0.25, 0.3) is 0 Å². The highest BCUT2D eigenvalue weighted by atomic mass is 32.1. The highest BCUT2D eigenvalue weighted by Gasteiger charge is 2.23. The van der Waals surface area contributed by atoms with Gasteiger partial charge >= 0.3 is 0 Å². The fourth-order valence-electron chi connectivity index (χ4n) is 2.27. The summed E-state index contributed by atoms with van der Waals surface area (Å²) >= 11 is 1.54. The smallest absolute Gasteiger partial charge is 0.237 e. The number of hydrogen-bond donors (Lipinski definition) is 2. The van der Waals surface area contributed by atoms with Gasteiger partial charge in [-0.05, 0) is 17.5 Å². The molecular formula is C14H15N3OS. The lowest BCUT2D eigenvalue weighted by Gasteiger charge is -2.25. The second-order valence-corrected chi connectivity index (χ2v) is 5.32. The van der Waals surface area contributed by atoms with Gasteiger partial charge in [-0.3, -0.25) is 4.79 Å². The van der Waals surface area contributed by atoms with Crippen molar-refractivity contribution in [2.75, 3.05) is 0 Å². The van der Waals surface area contributed by atoms with E-state index >= 15 is 0 Å². The third kappa shape index (κ3) is 2.83. The van der Waals surface area contributed by atoms with Crippen LogP contribution in [-0.2, 0) is 24.3 Å². The number of nitrogens with one attached hydrogen (secondary N) is 2. The van der Waals surface area contributed by atoms with E-state index < -0.39 is 0 Å². The van der Waals surface area contributed by atoms with E-state index in [2.05, 4.69) is 27.8 Å². The van der Waals surface area contributed by atoms with E-state index in [4.69, 9.17) is 0 Å². The molecule has 3 rings (SSSR count). The summed E-state index contributed by atoms with van der Waals surface area (Å²) in [5.74, 6) is 0.0440. The van der Waals surface area contributed by atoms with Gasteiger partial charge in [0.15, 0.2) is 0 Å². The summed E-state index contributed by atoms with van der Waals surface area (Å²) in [6.07, 6.45) is 0.749. The number of aromatic nitrogens is 1. The van der Waals surface area contributed by atoms with E-state index in [0.29, 0.717) is 6.54 Å². The zero-order chi connectivity index (χ0) is 13.1. The van der Waals surface area contributed by atoms with Crippen molar-refractivity contribution in [2.45, 2.75) is 25.6 Å². The fourth-order valence-corrected chi connectivity index (χ4v) is 2.82. The molecular weight excluding hydrogens is 258 g/mol. The van der Waals surface area contributed by atoms with Crippen LogP contribution in [0.4, 0.5) is 0 Å². The Hall–Kier alpha value is -1.72. The van der Waals surface area contributed by atoms with Crippen LogP contribution in [0.15, 0.2) is 35.2 Å². The van der Waals surface area contributed by atoms with Gasteiger partial charge in [-0.15, -0.1) is 11.3 Å². The molecule has 5 heteroatoms. The third-order valence-corrected chi connectivity index (χ3v) is 3.96. The zero-order valence-electron chi connectivity index (χ0n) is 10.4. The van der Waals surface area contributed by atoms with Crippen LogP contribution in [0.2, 0.25) is 0 Å². The molecule has 1 amide bonds. The van der Waals surface area contributed by atoms with Crippen molar-refractivity contribution in [3.63, 3.8) is 0 Å². The van der Waals surface area contributed by atoms with Gasteiger partial charge in [0, 0.05) is 11.9 Å². The molecule has 0 aliphatic carbocycles. The molecule has 1 aliphatic heterocycles. The summed E-state index contributed by atoms with van der Waals surface area (Å²) in [5.41, 5.74) is 5.23. The molecule has 1 aromatic carbocycles. The van der Waals surface area contributed by atoms with Crippen molar-refractivity contribution in [3.05, 3.63) is 52.0 Å². The summed E-state index contributed by atoms with van der Waals surface area (Å²) in [4.78, 5) is 16.3. The fraction of sp³-hybridized carbons (Fsp3) is 0.286. The molecule has 0 radical (unpaired) electrons. The lowest BCUT2D eigenvalue weighted by molar-refractivity contribution is -0.123. The van der Waals surface area contributed by atoms with E-state index in [1.165, 1.54) is 22.5 Å². The van der Waals surface area contributed by atoms with Crippen molar-refractivity contribution in [1.82, 2.24) is 15.6 Å². The Morgan fingerprint density at radius 2 is 2.26 bits per heavy atom. The predicted molar refractivity (Wildman–Crippen MR) is 74.7 cm³/mol. The van der Waals surface area contributed by atoms with Crippen molar-refractivity contribution < 1.29 is 4.79 Å². The van der Waals surface area contributed by atoms with Crippen molar-refractivity contribution in [2.24, 2.45) is 0 Å². The molecule has 2 aromatic rings. The summed E-state index contributed by atoms with van der Waals surface area (Å²) < 4.78 is 0. The van der Waals surface area contributed by atoms with E-state index in [1.807, 2.05) is 17.5 Å². The number of amides is 1. The molecule has 2 N–H and O–H groups in total. The quantitative estimate of drug-likeness (QED) is 0.890. The summed E-state index contributed by atoms with van der Waals surface area (Å²) in [7, 11) is 0. The van der Waals surface area contributed by atoms with Crippen LogP contribution >= 0.6 is 11.3 Å². The van der Waals surface area contributed by atoms with Crippen LogP contribution in [-0.4, -0.2) is 16.9 Å². The van der Waals surface area contributed by atoms with Gasteiger partial charge in [0.05, 0.1) is 23.8 Å². The number of thiazole rings is 1. The summed E-state index contributed by atoms with van der Waals surface area (Å²) in [5, 5.41) is 8.15. The highest BCUT2D eigenvalue weighted by Crippen LogP contribution is 2.16. The number of carbonyl (C=O) groups excluding carboxylic acids is 1. The van der Waals surface area contributed by atoms with E-state index in [-0.39, 0.29) is 11.9 Å². The average molecular weight is 273 g/mol. The second kappa shape index (κ2) is 5.50. The van der Waals surface area contributed by atoms with Crippen LogP contribution in [0.3, 0.4) is 0 Å². The van der Waals surface area contributed by atoms with Gasteiger partial charge in [-0.2, -0.15) is 0 Å². The Balaban J connectivity index is 1.60. The lowest BCUT2D eigenvalue weighted by Crippen LogP contribution is -2.47. The van der Waals surface area contributed by atoms with Crippen LogP contribution in [0, 0.1) is 0 Å². The predicted octanol–water partition coefficient (Wildman–Crippen LogP) is 1.47. The molecule has 1 aromatic heterocycles. The minimum absolute atomic E-state index is 0.0440. The number of hydrogen-bond acceptors (Lipinski definition) is 4. The molecule has 0 fully saturated rings. The molecule has 1 unspecified atom stereocenters. The molecule has 4 nitrogen and oxygen atoms in total. The van der Waals surface area contributed by atoms with Gasteiger partial charge in [0.1, 0.15) is 0 Å². The molecule has 1 atom stereocenters. The SMILES string of the molecule is O=C(NCc1cscn1)C1Cc2ccccc2CN1. The van der Waals surface area contributed by atoms with E-state index in [9.17, 15) is 4.79 Å². The molecule has 0 bridgehead atoms. The van der Waals surface area contributed by atoms with Gasteiger partial charge in [-0.1, -0.05) is 24.3 Å². The third-order valence-electron chi connectivity index (χ3n) is 3.33. The first kappa shape index (κ1) is 12.3. The number of carbonyl (C=O) groups is 1. The van der Waals surface area contributed by atoms with E-state index in [0.717, 1.165) is 18.7 Å². The Labute approximate surface area is 115 Å². The van der Waals surface area contributed by atoms with Crippen LogP contribution in [0.1, 0.15) is 16.8 Å². The molecule has 98 valence electrons. The van der Waals surface area contributed by atoms with Crippen LogP contribution in [0.5, 0.6) is 0 Å². The molecule has 0 spiro atoms. The van der Waals surface area contributed by atoms with Gasteiger partial charge in [-0.25, -0.2) is 4.98 Å². The first-order chi connectivity index (χ1) is 9.33. The minimum atomic E-state index is -0.145. The number of fused-ring (bicyclic) bond motifs is 1. The Bertz CT molecular complexity index is 568. The first-order valence-electron chi connectivity index (χ1n) is 6.28. The Kier molecular flexibility index (Phi) is 3.57. The van der Waals surface area contributed by atoms with E-state index in [1.54, 1.807) is 5.51 Å². The normalized spacial score (nSPS) is 17.8. The van der Waals surface area contributed by atoms with Gasteiger partial charge in [0.25, 0.3) is 0 Å². The van der Waals surface area contributed by atoms with Gasteiger partial charge < -0.3 is 10.6 Å². The molecule has 1 aliphatic rings. The maximum absolute atomic E-state index is 12.1. The van der Waals surface area contributed by atoms with Gasteiger partial charge in [0.2, 0.25) is 5.91 Å². The Morgan fingerprint density at radius 1 is 1.42 bits per heavy atom. The number of benzene rings is 1. The first-order valence-corrected chi connectivity index (χ1v) is 7.22. The largest absolute Gasteiger partial charge is 0.349 e.